The highest BCUT2D eigenvalue weighted by molar-refractivity contribution is 5.44. The molecule has 1 aromatic rings. The van der Waals surface area contributed by atoms with Gasteiger partial charge in [-0.25, -0.2) is 0 Å². The summed E-state index contributed by atoms with van der Waals surface area (Å²) in [5, 5.41) is 7.88. The van der Waals surface area contributed by atoms with E-state index >= 15 is 0 Å². The van der Waals surface area contributed by atoms with Gasteiger partial charge in [-0.3, -0.25) is 4.68 Å². The predicted molar refractivity (Wildman–Crippen MR) is 76.0 cm³/mol. The summed E-state index contributed by atoms with van der Waals surface area (Å²) >= 11 is 0. The summed E-state index contributed by atoms with van der Waals surface area (Å²) in [6, 6.07) is 1.62. The third kappa shape index (κ3) is 2.39. The van der Waals surface area contributed by atoms with Gasteiger partial charge >= 0.3 is 0 Å². The van der Waals surface area contributed by atoms with Gasteiger partial charge in [-0.05, 0) is 40.2 Å². The molecule has 0 amide bonds. The van der Waals surface area contributed by atoms with Gasteiger partial charge in [0, 0.05) is 30.9 Å². The van der Waals surface area contributed by atoms with Gasteiger partial charge in [0.1, 0.15) is 0 Å². The minimum Gasteiger partial charge on any atom is -0.366 e. The molecule has 1 N–H and O–H groups in total. The first-order chi connectivity index (χ1) is 8.54. The average molecular weight is 250 g/mol. The lowest BCUT2D eigenvalue weighted by atomic mass is 9.87. The molecule has 1 saturated heterocycles. The molecule has 2 rings (SSSR count). The first kappa shape index (κ1) is 13.4. The maximum atomic E-state index is 4.45. The highest BCUT2D eigenvalue weighted by Crippen LogP contribution is 2.28. The van der Waals surface area contributed by atoms with Gasteiger partial charge in [0.15, 0.2) is 0 Å². The van der Waals surface area contributed by atoms with Crippen molar-refractivity contribution >= 4 is 5.69 Å². The molecule has 2 heterocycles. The zero-order valence-electron chi connectivity index (χ0n) is 12.2. The monoisotopic (exact) mass is 250 g/mol. The second-order valence-electron chi connectivity index (χ2n) is 5.75. The van der Waals surface area contributed by atoms with E-state index < -0.39 is 0 Å². The Hall–Kier alpha value is -1.03. The summed E-state index contributed by atoms with van der Waals surface area (Å²) in [6.45, 7) is 10.1. The van der Waals surface area contributed by atoms with Crippen LogP contribution in [0, 0.1) is 5.92 Å². The van der Waals surface area contributed by atoms with Crippen molar-refractivity contribution in [2.75, 3.05) is 18.5 Å². The largest absolute Gasteiger partial charge is 0.366 e. The van der Waals surface area contributed by atoms with Crippen LogP contribution in [0.4, 0.5) is 5.69 Å². The SMILES string of the molecule is CNC1CCN(c2cnn(C(C)C)c2)C(C)C1C. The molecular weight excluding hydrogens is 224 g/mol. The Labute approximate surface area is 110 Å². The van der Waals surface area contributed by atoms with Gasteiger partial charge in [0.25, 0.3) is 0 Å². The van der Waals surface area contributed by atoms with Crippen molar-refractivity contribution < 1.29 is 0 Å². The van der Waals surface area contributed by atoms with Crippen LogP contribution >= 0.6 is 0 Å². The van der Waals surface area contributed by atoms with Crippen molar-refractivity contribution in [3.63, 3.8) is 0 Å². The Kier molecular flexibility index (Phi) is 3.95. The van der Waals surface area contributed by atoms with E-state index in [1.165, 1.54) is 12.1 Å². The first-order valence-corrected chi connectivity index (χ1v) is 7.02. The molecule has 1 aromatic heterocycles. The van der Waals surface area contributed by atoms with Crippen molar-refractivity contribution in [3.05, 3.63) is 12.4 Å². The molecule has 1 aliphatic heterocycles. The highest BCUT2D eigenvalue weighted by atomic mass is 15.3. The van der Waals surface area contributed by atoms with E-state index in [0.29, 0.717) is 24.0 Å². The third-order valence-electron chi connectivity index (χ3n) is 4.39. The van der Waals surface area contributed by atoms with Crippen molar-refractivity contribution in [2.24, 2.45) is 5.92 Å². The molecule has 1 fully saturated rings. The van der Waals surface area contributed by atoms with Gasteiger partial charge in [0.2, 0.25) is 0 Å². The zero-order chi connectivity index (χ0) is 13.3. The molecule has 0 radical (unpaired) electrons. The van der Waals surface area contributed by atoms with Crippen LogP contribution in [0.3, 0.4) is 0 Å². The standard InChI is InChI=1S/C14H26N4/c1-10(2)18-9-13(8-16-18)17-7-6-14(15-5)11(3)12(17)4/h8-12,14-15H,6-7H2,1-5H3. The number of nitrogens with zero attached hydrogens (tertiary/aromatic N) is 3. The van der Waals surface area contributed by atoms with E-state index in [9.17, 15) is 0 Å². The summed E-state index contributed by atoms with van der Waals surface area (Å²) in [4.78, 5) is 2.49. The molecule has 18 heavy (non-hydrogen) atoms. The number of anilines is 1. The molecule has 0 saturated carbocycles. The minimum atomic E-state index is 0.432. The molecule has 1 aliphatic rings. The molecule has 4 heteroatoms. The van der Waals surface area contributed by atoms with E-state index in [1.807, 2.05) is 10.9 Å². The molecule has 0 spiro atoms. The van der Waals surface area contributed by atoms with Gasteiger partial charge in [-0.1, -0.05) is 6.92 Å². The highest BCUT2D eigenvalue weighted by Gasteiger charge is 2.32. The number of rotatable bonds is 3. The summed E-state index contributed by atoms with van der Waals surface area (Å²) in [5.41, 5.74) is 1.26. The predicted octanol–water partition coefficient (Wildman–Crippen LogP) is 2.29. The Morgan fingerprint density at radius 1 is 1.39 bits per heavy atom. The molecule has 3 unspecified atom stereocenters. The lowest BCUT2D eigenvalue weighted by molar-refractivity contribution is 0.282. The summed E-state index contributed by atoms with van der Waals surface area (Å²) in [7, 11) is 2.07. The average Bonchev–Trinajstić information content (AvgIpc) is 2.82. The van der Waals surface area contributed by atoms with Crippen LogP contribution in [0.15, 0.2) is 12.4 Å². The quantitative estimate of drug-likeness (QED) is 0.893. The Bertz CT molecular complexity index is 385. The number of piperidine rings is 1. The normalized spacial score (nSPS) is 29.0. The van der Waals surface area contributed by atoms with Gasteiger partial charge in [0.05, 0.1) is 11.9 Å². The fourth-order valence-electron chi connectivity index (χ4n) is 2.89. The second-order valence-corrected chi connectivity index (χ2v) is 5.75. The van der Waals surface area contributed by atoms with E-state index in [-0.39, 0.29) is 0 Å². The number of hydrogen-bond acceptors (Lipinski definition) is 3. The van der Waals surface area contributed by atoms with Crippen molar-refractivity contribution in [2.45, 2.75) is 52.2 Å². The molecule has 0 aliphatic carbocycles. The maximum absolute atomic E-state index is 4.45. The molecule has 3 atom stereocenters. The van der Waals surface area contributed by atoms with Crippen LogP contribution in [0.5, 0.6) is 0 Å². The van der Waals surface area contributed by atoms with Crippen LogP contribution in [0.2, 0.25) is 0 Å². The second kappa shape index (κ2) is 5.31. The molecular formula is C14H26N4. The Morgan fingerprint density at radius 2 is 2.11 bits per heavy atom. The lowest BCUT2D eigenvalue weighted by Crippen LogP contribution is -2.52. The van der Waals surface area contributed by atoms with Gasteiger partial charge < -0.3 is 10.2 Å². The van der Waals surface area contributed by atoms with Crippen LogP contribution in [-0.2, 0) is 0 Å². The smallest absolute Gasteiger partial charge is 0.0755 e. The van der Waals surface area contributed by atoms with Crippen LogP contribution in [0.1, 0.15) is 40.2 Å². The molecule has 102 valence electrons. The van der Waals surface area contributed by atoms with Crippen molar-refractivity contribution in [3.8, 4) is 0 Å². The van der Waals surface area contributed by atoms with Crippen LogP contribution < -0.4 is 10.2 Å². The van der Waals surface area contributed by atoms with E-state index in [1.54, 1.807) is 0 Å². The first-order valence-electron chi connectivity index (χ1n) is 7.02. The minimum absolute atomic E-state index is 0.432. The van der Waals surface area contributed by atoms with Gasteiger partial charge in [-0.15, -0.1) is 0 Å². The van der Waals surface area contributed by atoms with E-state index in [0.717, 1.165) is 6.54 Å². The lowest BCUT2D eigenvalue weighted by Gasteiger charge is -2.43. The fourth-order valence-corrected chi connectivity index (χ4v) is 2.89. The zero-order valence-corrected chi connectivity index (χ0v) is 12.2. The van der Waals surface area contributed by atoms with E-state index in [4.69, 9.17) is 0 Å². The third-order valence-corrected chi connectivity index (χ3v) is 4.39. The topological polar surface area (TPSA) is 33.1 Å². The van der Waals surface area contributed by atoms with Crippen molar-refractivity contribution in [1.82, 2.24) is 15.1 Å². The van der Waals surface area contributed by atoms with Crippen molar-refractivity contribution in [1.29, 1.82) is 0 Å². The maximum Gasteiger partial charge on any atom is 0.0755 e. The number of hydrogen-bond donors (Lipinski definition) is 1. The van der Waals surface area contributed by atoms with Crippen LogP contribution in [0.25, 0.3) is 0 Å². The summed E-state index contributed by atoms with van der Waals surface area (Å²) in [5.74, 6) is 0.658. The fraction of sp³-hybridized carbons (Fsp3) is 0.786. The molecule has 4 nitrogen and oxygen atoms in total. The Balaban J connectivity index is 2.13. The number of aromatic nitrogens is 2. The molecule has 0 bridgehead atoms. The summed E-state index contributed by atoms with van der Waals surface area (Å²) in [6.07, 6.45) is 5.38. The van der Waals surface area contributed by atoms with Crippen LogP contribution in [-0.4, -0.2) is 35.5 Å². The Morgan fingerprint density at radius 3 is 2.67 bits per heavy atom. The number of nitrogens with one attached hydrogen (secondary N) is 1. The summed E-state index contributed by atoms with van der Waals surface area (Å²) < 4.78 is 2.04. The van der Waals surface area contributed by atoms with Gasteiger partial charge in [-0.2, -0.15) is 5.10 Å². The van der Waals surface area contributed by atoms with E-state index in [2.05, 4.69) is 56.3 Å². The molecule has 0 aromatic carbocycles.